The van der Waals surface area contributed by atoms with Crippen molar-refractivity contribution in [3.8, 4) is 10.7 Å². The number of aryl methyl sites for hydroxylation is 1. The van der Waals surface area contributed by atoms with Gasteiger partial charge in [-0.15, -0.1) is 11.3 Å². The molecule has 10 nitrogen and oxygen atoms in total. The van der Waals surface area contributed by atoms with E-state index in [1.54, 1.807) is 18.4 Å². The first-order valence-electron chi connectivity index (χ1n) is 10.3. The van der Waals surface area contributed by atoms with Crippen molar-refractivity contribution in [1.82, 2.24) is 19.7 Å². The maximum Gasteiger partial charge on any atom is 0.330 e. The van der Waals surface area contributed by atoms with Crippen molar-refractivity contribution in [2.45, 2.75) is 39.2 Å². The number of H-pyrrole nitrogens is 1. The molecule has 3 N–H and O–H groups in total. The molecule has 3 heterocycles. The second-order valence-corrected chi connectivity index (χ2v) is 8.02. The molecule has 0 aliphatic rings. The number of thiophene rings is 1. The third kappa shape index (κ3) is 5.61. The van der Waals surface area contributed by atoms with Gasteiger partial charge in [-0.3, -0.25) is 14.3 Å². The number of rotatable bonds is 12. The number of anilines is 2. The summed E-state index contributed by atoms with van der Waals surface area (Å²) in [6.45, 7) is 3.87. The minimum absolute atomic E-state index is 0.177. The zero-order valence-electron chi connectivity index (χ0n) is 17.8. The highest BCUT2D eigenvalue weighted by molar-refractivity contribution is 7.13. The minimum Gasteiger partial charge on any atom is -0.383 e. The van der Waals surface area contributed by atoms with Crippen molar-refractivity contribution in [2.24, 2.45) is 0 Å². The molecule has 3 aromatic heterocycles. The van der Waals surface area contributed by atoms with Gasteiger partial charge in [0, 0.05) is 33.2 Å². The van der Waals surface area contributed by atoms with Crippen LogP contribution in [0.25, 0.3) is 10.7 Å². The highest BCUT2D eigenvalue weighted by Gasteiger charge is 2.19. The van der Waals surface area contributed by atoms with E-state index in [0.29, 0.717) is 50.8 Å². The zero-order valence-corrected chi connectivity index (χ0v) is 18.6. The Balaban J connectivity index is 1.75. The highest BCUT2D eigenvalue weighted by atomic mass is 32.1. The summed E-state index contributed by atoms with van der Waals surface area (Å²) < 4.78 is 12.0. The molecule has 0 amide bonds. The molecule has 0 unspecified atom stereocenters. The van der Waals surface area contributed by atoms with E-state index >= 15 is 0 Å². The van der Waals surface area contributed by atoms with Gasteiger partial charge in [-0.05, 0) is 24.3 Å². The highest BCUT2D eigenvalue weighted by Crippen LogP contribution is 2.22. The van der Waals surface area contributed by atoms with E-state index in [4.69, 9.17) is 15.0 Å². The van der Waals surface area contributed by atoms with Gasteiger partial charge in [-0.2, -0.15) is 4.98 Å². The number of nitrogen functional groups attached to an aromatic ring is 1. The summed E-state index contributed by atoms with van der Waals surface area (Å²) in [4.78, 5) is 34.4. The number of nitrogens with zero attached hydrogens (tertiary/aromatic N) is 4. The van der Waals surface area contributed by atoms with Crippen LogP contribution in [0.2, 0.25) is 0 Å². The molecule has 0 aliphatic carbocycles. The smallest absolute Gasteiger partial charge is 0.330 e. The van der Waals surface area contributed by atoms with Gasteiger partial charge in [0.25, 0.3) is 5.56 Å². The predicted octanol–water partition coefficient (Wildman–Crippen LogP) is 2.12. The number of hydrogen-bond donors (Lipinski definition) is 2. The Morgan fingerprint density at radius 2 is 2.16 bits per heavy atom. The normalized spacial score (nSPS) is 11.2. The standard InChI is InChI=1S/C20H28N6O4S/c1-3-4-10-26-17(21)16(19(27)23-20(26)28)25(11-12-29-2)9-5-8-15-22-18(24-30-15)14-7-6-13-31-14/h6-7,13H,3-5,8-12,21H2,1-2H3,(H,23,27,28). The fourth-order valence-corrected chi connectivity index (χ4v) is 3.89. The second-order valence-electron chi connectivity index (χ2n) is 7.07. The lowest BCUT2D eigenvalue weighted by Crippen LogP contribution is -2.40. The van der Waals surface area contributed by atoms with Gasteiger partial charge in [-0.25, -0.2) is 4.79 Å². The average Bonchev–Trinajstić information content (AvgIpc) is 3.43. The molecule has 0 saturated carbocycles. The third-order valence-electron chi connectivity index (χ3n) is 4.86. The Hall–Kier alpha value is -2.92. The molecule has 0 aliphatic heterocycles. The summed E-state index contributed by atoms with van der Waals surface area (Å²) in [5.41, 5.74) is 5.57. The molecule has 0 bridgehead atoms. The van der Waals surface area contributed by atoms with Crippen molar-refractivity contribution < 1.29 is 9.26 Å². The van der Waals surface area contributed by atoms with Gasteiger partial charge < -0.3 is 19.9 Å². The summed E-state index contributed by atoms with van der Waals surface area (Å²) in [5, 5.41) is 5.98. The summed E-state index contributed by atoms with van der Waals surface area (Å²) in [5.74, 6) is 1.28. The van der Waals surface area contributed by atoms with Crippen LogP contribution in [0.5, 0.6) is 0 Å². The lowest BCUT2D eigenvalue weighted by molar-refractivity contribution is 0.205. The fourth-order valence-electron chi connectivity index (χ4n) is 3.24. The summed E-state index contributed by atoms with van der Waals surface area (Å²) in [6, 6.07) is 3.87. The number of aromatic nitrogens is 4. The summed E-state index contributed by atoms with van der Waals surface area (Å²) in [6.07, 6.45) is 2.90. The molecular formula is C20H28N6O4S. The van der Waals surface area contributed by atoms with Crippen molar-refractivity contribution in [3.05, 3.63) is 44.2 Å². The van der Waals surface area contributed by atoms with E-state index < -0.39 is 11.2 Å². The Morgan fingerprint density at radius 1 is 1.32 bits per heavy atom. The fraction of sp³-hybridized carbons (Fsp3) is 0.500. The van der Waals surface area contributed by atoms with Gasteiger partial charge in [-0.1, -0.05) is 24.6 Å². The van der Waals surface area contributed by atoms with Crippen molar-refractivity contribution in [1.29, 1.82) is 0 Å². The largest absolute Gasteiger partial charge is 0.383 e. The lowest BCUT2D eigenvalue weighted by atomic mass is 10.2. The van der Waals surface area contributed by atoms with E-state index in [1.807, 2.05) is 29.3 Å². The van der Waals surface area contributed by atoms with Gasteiger partial charge >= 0.3 is 5.69 Å². The average molecular weight is 449 g/mol. The first-order valence-corrected chi connectivity index (χ1v) is 11.2. The number of nitrogens with one attached hydrogen (secondary N) is 1. The van der Waals surface area contributed by atoms with E-state index in [9.17, 15) is 9.59 Å². The van der Waals surface area contributed by atoms with Crippen LogP contribution in [-0.2, 0) is 17.7 Å². The predicted molar refractivity (Wildman–Crippen MR) is 121 cm³/mol. The van der Waals surface area contributed by atoms with Gasteiger partial charge in [0.2, 0.25) is 11.7 Å². The number of hydrogen-bond acceptors (Lipinski definition) is 9. The topological polar surface area (TPSA) is 132 Å². The molecule has 168 valence electrons. The van der Waals surface area contributed by atoms with Crippen LogP contribution in [0.4, 0.5) is 11.5 Å². The number of aromatic amines is 1. The lowest BCUT2D eigenvalue weighted by Gasteiger charge is -2.25. The Kier molecular flexibility index (Phi) is 8.01. The van der Waals surface area contributed by atoms with Gasteiger partial charge in [0.15, 0.2) is 0 Å². The van der Waals surface area contributed by atoms with Crippen molar-refractivity contribution in [3.63, 3.8) is 0 Å². The van der Waals surface area contributed by atoms with Gasteiger partial charge in [0.1, 0.15) is 11.5 Å². The molecule has 0 aromatic carbocycles. The molecule has 0 spiro atoms. The Bertz CT molecular complexity index is 1070. The van der Waals surface area contributed by atoms with E-state index in [0.717, 1.165) is 17.7 Å². The maximum atomic E-state index is 12.6. The van der Waals surface area contributed by atoms with Crippen LogP contribution >= 0.6 is 11.3 Å². The number of ether oxygens (including phenoxy) is 1. The number of nitrogens with two attached hydrogens (primary N) is 1. The molecule has 3 rings (SSSR count). The third-order valence-corrected chi connectivity index (χ3v) is 5.73. The van der Waals surface area contributed by atoms with E-state index in [-0.39, 0.29) is 11.5 Å². The van der Waals surface area contributed by atoms with Crippen LogP contribution in [0.3, 0.4) is 0 Å². The van der Waals surface area contributed by atoms with Crippen LogP contribution in [0.1, 0.15) is 32.1 Å². The molecule has 31 heavy (non-hydrogen) atoms. The zero-order chi connectivity index (χ0) is 22.2. The van der Waals surface area contributed by atoms with Crippen LogP contribution in [0.15, 0.2) is 31.6 Å². The SMILES string of the molecule is CCCCn1c(N)c(N(CCCc2nc(-c3cccs3)no2)CCOC)c(=O)[nH]c1=O. The second kappa shape index (κ2) is 10.9. The molecule has 0 radical (unpaired) electrons. The number of methoxy groups -OCH3 is 1. The van der Waals surface area contributed by atoms with Gasteiger partial charge in [0.05, 0.1) is 11.5 Å². The molecule has 3 aromatic rings. The van der Waals surface area contributed by atoms with Crippen LogP contribution in [-0.4, -0.2) is 46.5 Å². The van der Waals surface area contributed by atoms with E-state index in [1.165, 1.54) is 4.57 Å². The molecule has 0 atom stereocenters. The Labute approximate surface area is 183 Å². The first kappa shape index (κ1) is 22.8. The first-order chi connectivity index (χ1) is 15.0. The summed E-state index contributed by atoms with van der Waals surface area (Å²) >= 11 is 1.55. The molecule has 0 fully saturated rings. The molecular weight excluding hydrogens is 420 g/mol. The minimum atomic E-state index is -0.496. The van der Waals surface area contributed by atoms with Crippen LogP contribution < -0.4 is 21.9 Å². The monoisotopic (exact) mass is 448 g/mol. The quantitative estimate of drug-likeness (QED) is 0.430. The summed E-state index contributed by atoms with van der Waals surface area (Å²) in [7, 11) is 1.60. The van der Waals surface area contributed by atoms with Crippen LogP contribution in [0, 0.1) is 0 Å². The van der Waals surface area contributed by atoms with Crippen molar-refractivity contribution >= 4 is 22.8 Å². The molecule has 0 saturated heterocycles. The maximum absolute atomic E-state index is 12.6. The Morgan fingerprint density at radius 3 is 2.87 bits per heavy atom. The molecule has 11 heteroatoms. The number of unbranched alkanes of at least 4 members (excludes halogenated alkanes) is 1. The van der Waals surface area contributed by atoms with E-state index in [2.05, 4.69) is 15.1 Å². The van der Waals surface area contributed by atoms with Crippen molar-refractivity contribution in [2.75, 3.05) is 37.4 Å².